The Kier molecular flexibility index (Phi) is 4.44. The Morgan fingerprint density at radius 2 is 1.94 bits per heavy atom. The van der Waals surface area contributed by atoms with Gasteiger partial charge in [0.2, 0.25) is 0 Å². The minimum absolute atomic E-state index is 0.147. The van der Waals surface area contributed by atoms with Crippen LogP contribution in [0.15, 0.2) is 18.2 Å². The lowest BCUT2D eigenvalue weighted by molar-refractivity contribution is 0.171. The zero-order valence-electron chi connectivity index (χ0n) is 11.0. The largest absolute Gasteiger partial charge is 0.486 e. The van der Waals surface area contributed by atoms with Gasteiger partial charge in [-0.3, -0.25) is 0 Å². The number of benzene rings is 1. The molecule has 18 heavy (non-hydrogen) atoms. The lowest BCUT2D eigenvalue weighted by atomic mass is 9.95. The molecule has 100 valence electrons. The Morgan fingerprint density at radius 3 is 2.61 bits per heavy atom. The molecular weight excluding hydrogens is 230 g/mol. The van der Waals surface area contributed by atoms with Gasteiger partial charge in [0.05, 0.1) is 6.61 Å². The van der Waals surface area contributed by atoms with E-state index in [0.29, 0.717) is 25.7 Å². The smallest absolute Gasteiger partial charge is 0.161 e. The third-order valence-corrected chi connectivity index (χ3v) is 3.07. The Balaban J connectivity index is 2.19. The lowest BCUT2D eigenvalue weighted by Crippen LogP contribution is -2.28. The maximum atomic E-state index is 8.93. The fourth-order valence-corrected chi connectivity index (χ4v) is 2.21. The summed E-state index contributed by atoms with van der Waals surface area (Å²) in [4.78, 5) is 0. The van der Waals surface area contributed by atoms with Crippen LogP contribution < -0.4 is 14.8 Å². The highest BCUT2D eigenvalue weighted by atomic mass is 16.6. The second-order valence-corrected chi connectivity index (χ2v) is 4.80. The van der Waals surface area contributed by atoms with E-state index in [1.54, 1.807) is 0 Å². The Labute approximate surface area is 108 Å². The van der Waals surface area contributed by atoms with E-state index in [9.17, 15) is 0 Å². The summed E-state index contributed by atoms with van der Waals surface area (Å²) >= 11 is 0. The Bertz CT molecular complexity index is 393. The highest BCUT2D eigenvalue weighted by molar-refractivity contribution is 5.44. The van der Waals surface area contributed by atoms with Gasteiger partial charge in [0.25, 0.3) is 0 Å². The molecule has 2 rings (SSSR count). The van der Waals surface area contributed by atoms with E-state index in [1.807, 2.05) is 12.1 Å². The highest BCUT2D eigenvalue weighted by Gasteiger charge is 2.18. The summed E-state index contributed by atoms with van der Waals surface area (Å²) in [5.41, 5.74) is 1.17. The average molecular weight is 251 g/mol. The summed E-state index contributed by atoms with van der Waals surface area (Å²) in [6.45, 7) is 6.28. The van der Waals surface area contributed by atoms with E-state index < -0.39 is 0 Å². The van der Waals surface area contributed by atoms with Gasteiger partial charge in [0.15, 0.2) is 11.5 Å². The van der Waals surface area contributed by atoms with Crippen molar-refractivity contribution in [2.45, 2.75) is 19.9 Å². The summed E-state index contributed by atoms with van der Waals surface area (Å²) in [5.74, 6) is 2.07. The van der Waals surface area contributed by atoms with E-state index in [0.717, 1.165) is 11.5 Å². The first-order valence-corrected chi connectivity index (χ1v) is 6.46. The van der Waals surface area contributed by atoms with Gasteiger partial charge in [-0.25, -0.2) is 0 Å². The maximum Gasteiger partial charge on any atom is 0.161 e. The third kappa shape index (κ3) is 2.94. The van der Waals surface area contributed by atoms with Crippen LogP contribution in [0.5, 0.6) is 11.5 Å². The first kappa shape index (κ1) is 13.2. The molecule has 1 aliphatic heterocycles. The quantitative estimate of drug-likeness (QED) is 0.837. The van der Waals surface area contributed by atoms with Crippen molar-refractivity contribution in [1.82, 2.24) is 5.32 Å². The number of hydrogen-bond donors (Lipinski definition) is 2. The molecule has 0 saturated carbocycles. The summed E-state index contributed by atoms with van der Waals surface area (Å²) < 4.78 is 11.1. The van der Waals surface area contributed by atoms with Crippen LogP contribution in [0, 0.1) is 5.92 Å². The van der Waals surface area contributed by atoms with Crippen molar-refractivity contribution in [3.63, 3.8) is 0 Å². The molecule has 0 aliphatic carbocycles. The Hall–Kier alpha value is -1.26. The van der Waals surface area contributed by atoms with Crippen LogP contribution in [0.2, 0.25) is 0 Å². The van der Waals surface area contributed by atoms with E-state index in [1.165, 1.54) is 5.56 Å². The number of ether oxygens (including phenoxy) is 2. The Morgan fingerprint density at radius 1 is 1.22 bits per heavy atom. The van der Waals surface area contributed by atoms with Crippen molar-refractivity contribution in [2.75, 3.05) is 26.4 Å². The lowest BCUT2D eigenvalue weighted by Gasteiger charge is -2.25. The van der Waals surface area contributed by atoms with Crippen LogP contribution in [0.3, 0.4) is 0 Å². The molecule has 1 aromatic rings. The zero-order chi connectivity index (χ0) is 13.0. The van der Waals surface area contributed by atoms with E-state index in [4.69, 9.17) is 14.6 Å². The van der Waals surface area contributed by atoms with Crippen molar-refractivity contribution in [1.29, 1.82) is 0 Å². The van der Waals surface area contributed by atoms with Crippen LogP contribution in [0.1, 0.15) is 25.5 Å². The second-order valence-electron chi connectivity index (χ2n) is 4.80. The fourth-order valence-electron chi connectivity index (χ4n) is 2.21. The molecular formula is C14H21NO3. The van der Waals surface area contributed by atoms with Crippen LogP contribution >= 0.6 is 0 Å². The van der Waals surface area contributed by atoms with Crippen LogP contribution in [0.4, 0.5) is 0 Å². The number of hydrogen-bond acceptors (Lipinski definition) is 4. The minimum atomic E-state index is 0.147. The van der Waals surface area contributed by atoms with Gasteiger partial charge >= 0.3 is 0 Å². The zero-order valence-corrected chi connectivity index (χ0v) is 11.0. The minimum Gasteiger partial charge on any atom is -0.486 e. The summed E-state index contributed by atoms with van der Waals surface area (Å²) in [6, 6.07) is 6.26. The van der Waals surface area contributed by atoms with Gasteiger partial charge < -0.3 is 19.9 Å². The van der Waals surface area contributed by atoms with E-state index in [2.05, 4.69) is 25.2 Å². The molecule has 2 N–H and O–H groups in total. The summed E-state index contributed by atoms with van der Waals surface area (Å²) in [5, 5.41) is 12.3. The second kappa shape index (κ2) is 6.07. The molecule has 0 radical (unpaired) electrons. The SMILES string of the molecule is CC(C)C(NCCO)c1ccc2c(c1)OCCO2. The van der Waals surface area contributed by atoms with Crippen molar-refractivity contribution in [3.05, 3.63) is 23.8 Å². The average Bonchev–Trinajstić information content (AvgIpc) is 2.38. The molecule has 0 aromatic heterocycles. The van der Waals surface area contributed by atoms with Gasteiger partial charge in [0, 0.05) is 12.6 Å². The molecule has 4 nitrogen and oxygen atoms in total. The molecule has 0 saturated heterocycles. The van der Waals surface area contributed by atoms with Crippen molar-refractivity contribution in [2.24, 2.45) is 5.92 Å². The van der Waals surface area contributed by atoms with Gasteiger partial charge in [-0.2, -0.15) is 0 Å². The van der Waals surface area contributed by atoms with Crippen molar-refractivity contribution in [3.8, 4) is 11.5 Å². The number of nitrogens with one attached hydrogen (secondary N) is 1. The summed E-state index contributed by atoms with van der Waals surface area (Å²) in [6.07, 6.45) is 0. The molecule has 0 fully saturated rings. The molecule has 1 heterocycles. The molecule has 0 bridgehead atoms. The van der Waals surface area contributed by atoms with Crippen LogP contribution in [-0.4, -0.2) is 31.5 Å². The van der Waals surface area contributed by atoms with E-state index in [-0.39, 0.29) is 12.6 Å². The van der Waals surface area contributed by atoms with E-state index >= 15 is 0 Å². The maximum absolute atomic E-state index is 8.93. The van der Waals surface area contributed by atoms with Gasteiger partial charge in [-0.05, 0) is 23.6 Å². The van der Waals surface area contributed by atoms with Gasteiger partial charge in [-0.15, -0.1) is 0 Å². The normalized spacial score (nSPS) is 15.8. The molecule has 0 spiro atoms. The molecule has 0 amide bonds. The molecule has 1 atom stereocenters. The fraction of sp³-hybridized carbons (Fsp3) is 0.571. The number of aliphatic hydroxyl groups excluding tert-OH is 1. The molecule has 1 aromatic carbocycles. The van der Waals surface area contributed by atoms with Crippen LogP contribution in [-0.2, 0) is 0 Å². The highest BCUT2D eigenvalue weighted by Crippen LogP contribution is 2.34. The predicted octanol–water partition coefficient (Wildman–Crippen LogP) is 1.74. The first-order chi connectivity index (χ1) is 8.72. The van der Waals surface area contributed by atoms with Gasteiger partial charge in [-0.1, -0.05) is 19.9 Å². The molecule has 1 unspecified atom stereocenters. The van der Waals surface area contributed by atoms with Crippen molar-refractivity contribution >= 4 is 0 Å². The van der Waals surface area contributed by atoms with Crippen molar-refractivity contribution < 1.29 is 14.6 Å². The number of aliphatic hydroxyl groups is 1. The standard InChI is InChI=1S/C14H21NO3/c1-10(2)14(15-5-6-16)11-3-4-12-13(9-11)18-8-7-17-12/h3-4,9-10,14-16H,5-8H2,1-2H3. The van der Waals surface area contributed by atoms with Gasteiger partial charge in [0.1, 0.15) is 13.2 Å². The molecule has 4 heteroatoms. The summed E-state index contributed by atoms with van der Waals surface area (Å²) in [7, 11) is 0. The number of fused-ring (bicyclic) bond motifs is 1. The predicted molar refractivity (Wildman–Crippen MR) is 70.1 cm³/mol. The monoisotopic (exact) mass is 251 g/mol. The molecule has 1 aliphatic rings. The third-order valence-electron chi connectivity index (χ3n) is 3.07. The topological polar surface area (TPSA) is 50.7 Å². The number of rotatable bonds is 5. The first-order valence-electron chi connectivity index (χ1n) is 6.46. The van der Waals surface area contributed by atoms with Crippen LogP contribution in [0.25, 0.3) is 0 Å².